The van der Waals surface area contributed by atoms with Crippen LogP contribution in [0.3, 0.4) is 0 Å². The van der Waals surface area contributed by atoms with Gasteiger partial charge in [-0.2, -0.15) is 0 Å². The fourth-order valence-corrected chi connectivity index (χ4v) is 3.83. The smallest absolute Gasteiger partial charge is 0.312 e. The molecule has 0 saturated carbocycles. The van der Waals surface area contributed by atoms with Crippen molar-refractivity contribution in [3.05, 3.63) is 113 Å². The van der Waals surface area contributed by atoms with Gasteiger partial charge in [0.1, 0.15) is 5.75 Å². The van der Waals surface area contributed by atoms with E-state index in [9.17, 15) is 10.1 Å². The lowest BCUT2D eigenvalue weighted by Gasteiger charge is -2.08. The van der Waals surface area contributed by atoms with Crippen molar-refractivity contribution in [1.29, 1.82) is 0 Å². The van der Waals surface area contributed by atoms with E-state index in [1.165, 1.54) is 12.1 Å². The highest BCUT2D eigenvalue weighted by atomic mass is 16.6. The number of hydrogen-bond donors (Lipinski definition) is 0. The summed E-state index contributed by atoms with van der Waals surface area (Å²) in [6.45, 7) is 0. The summed E-state index contributed by atoms with van der Waals surface area (Å²) in [6, 6.07) is 28.6. The van der Waals surface area contributed by atoms with Gasteiger partial charge in [-0.3, -0.25) is 15.1 Å². The lowest BCUT2D eigenvalue weighted by Crippen LogP contribution is -1.94. The van der Waals surface area contributed by atoms with Gasteiger partial charge in [-0.15, -0.1) is 10.2 Å². The molecule has 0 aliphatic rings. The van der Waals surface area contributed by atoms with Crippen molar-refractivity contribution in [2.75, 3.05) is 0 Å². The van der Waals surface area contributed by atoms with Crippen molar-refractivity contribution in [2.45, 2.75) is 0 Å². The lowest BCUT2D eigenvalue weighted by atomic mass is 10.1. The molecule has 0 unspecified atom stereocenters. The second-order valence-corrected chi connectivity index (χ2v) is 8.09. The molecule has 0 N–H and O–H groups in total. The molecule has 6 rings (SSSR count). The summed E-state index contributed by atoms with van der Waals surface area (Å²) < 4.78 is 11.6. The van der Waals surface area contributed by atoms with Crippen LogP contribution in [0, 0.1) is 10.1 Å². The molecule has 0 atom stereocenters. The molecule has 2 aromatic heterocycles. The van der Waals surface area contributed by atoms with E-state index in [1.54, 1.807) is 24.4 Å². The van der Waals surface area contributed by atoms with E-state index in [4.69, 9.17) is 9.15 Å². The molecule has 0 saturated heterocycles. The highest BCUT2D eigenvalue weighted by Crippen LogP contribution is 2.36. The van der Waals surface area contributed by atoms with Crippen LogP contribution in [0.2, 0.25) is 0 Å². The number of rotatable bonds is 6. The molecule has 6 aromatic rings. The Morgan fingerprint density at radius 1 is 0.730 bits per heavy atom. The zero-order valence-electron chi connectivity index (χ0n) is 19.2. The van der Waals surface area contributed by atoms with Crippen LogP contribution in [0.25, 0.3) is 45.2 Å². The average molecular weight is 487 g/mol. The summed E-state index contributed by atoms with van der Waals surface area (Å²) in [5.74, 6) is 1.04. The average Bonchev–Trinajstić information content (AvgIpc) is 3.44. The number of hydrogen-bond acceptors (Lipinski definition) is 8. The first-order valence-corrected chi connectivity index (χ1v) is 11.3. The van der Waals surface area contributed by atoms with Gasteiger partial charge in [0.25, 0.3) is 0 Å². The zero-order chi connectivity index (χ0) is 25.2. The molecule has 0 bridgehead atoms. The summed E-state index contributed by atoms with van der Waals surface area (Å²) in [5.41, 5.74) is 4.14. The van der Waals surface area contributed by atoms with E-state index in [2.05, 4.69) is 20.2 Å². The highest BCUT2D eigenvalue weighted by molar-refractivity contribution is 5.77. The second kappa shape index (κ2) is 9.31. The van der Waals surface area contributed by atoms with Crippen LogP contribution >= 0.6 is 0 Å². The van der Waals surface area contributed by atoms with Gasteiger partial charge in [-0.25, -0.2) is 4.98 Å². The molecule has 2 heterocycles. The third-order valence-corrected chi connectivity index (χ3v) is 5.67. The number of nitro groups is 1. The van der Waals surface area contributed by atoms with Gasteiger partial charge in [0, 0.05) is 22.8 Å². The fourth-order valence-electron chi connectivity index (χ4n) is 3.83. The number of aromatic nitrogens is 4. The SMILES string of the molecule is O=[N+]([O-])c1cc(-c2nnc(-c3ccccc3)o2)ccc1Oc1ccc(-c2cnc3ccccc3n2)cc1. The van der Waals surface area contributed by atoms with Crippen molar-refractivity contribution >= 4 is 16.7 Å². The quantitative estimate of drug-likeness (QED) is 0.188. The predicted octanol–water partition coefficient (Wildman–Crippen LogP) is 6.71. The van der Waals surface area contributed by atoms with E-state index >= 15 is 0 Å². The first-order chi connectivity index (χ1) is 18.1. The van der Waals surface area contributed by atoms with Gasteiger partial charge < -0.3 is 9.15 Å². The van der Waals surface area contributed by atoms with Crippen molar-refractivity contribution < 1.29 is 14.1 Å². The number of ether oxygens (including phenoxy) is 1. The molecule has 0 spiro atoms. The molecule has 0 radical (unpaired) electrons. The van der Waals surface area contributed by atoms with Crippen LogP contribution < -0.4 is 4.74 Å². The minimum Gasteiger partial charge on any atom is -0.450 e. The zero-order valence-corrected chi connectivity index (χ0v) is 19.2. The summed E-state index contributed by atoms with van der Waals surface area (Å²) in [4.78, 5) is 20.4. The molecule has 178 valence electrons. The minimum atomic E-state index is -0.508. The Kier molecular flexibility index (Phi) is 5.55. The fraction of sp³-hybridized carbons (Fsp3) is 0. The molecule has 4 aromatic carbocycles. The Labute approximate surface area is 210 Å². The van der Waals surface area contributed by atoms with Crippen molar-refractivity contribution in [2.24, 2.45) is 0 Å². The molecule has 0 fully saturated rings. The minimum absolute atomic E-state index is 0.0924. The van der Waals surface area contributed by atoms with E-state index in [0.717, 1.165) is 27.9 Å². The maximum absolute atomic E-state index is 11.8. The monoisotopic (exact) mass is 487 g/mol. The summed E-state index contributed by atoms with van der Waals surface area (Å²) in [5, 5.41) is 19.9. The number of nitro benzene ring substituents is 1. The summed E-state index contributed by atoms with van der Waals surface area (Å²) in [6.07, 6.45) is 1.71. The van der Waals surface area contributed by atoms with Crippen molar-refractivity contribution in [3.8, 4) is 45.7 Å². The highest BCUT2D eigenvalue weighted by Gasteiger charge is 2.20. The van der Waals surface area contributed by atoms with Gasteiger partial charge in [0.2, 0.25) is 17.5 Å². The van der Waals surface area contributed by atoms with Crippen LogP contribution in [0.1, 0.15) is 0 Å². The summed E-state index contributed by atoms with van der Waals surface area (Å²) >= 11 is 0. The molecular formula is C28H17N5O4. The van der Waals surface area contributed by atoms with Crippen molar-refractivity contribution in [1.82, 2.24) is 20.2 Å². The molecule has 0 amide bonds. The maximum atomic E-state index is 11.8. The Morgan fingerprint density at radius 3 is 2.16 bits per heavy atom. The lowest BCUT2D eigenvalue weighted by molar-refractivity contribution is -0.385. The Balaban J connectivity index is 1.25. The number of para-hydroxylation sites is 2. The van der Waals surface area contributed by atoms with E-state index in [-0.39, 0.29) is 17.3 Å². The van der Waals surface area contributed by atoms with E-state index in [1.807, 2.05) is 66.7 Å². The van der Waals surface area contributed by atoms with Crippen LogP contribution in [-0.2, 0) is 0 Å². The third-order valence-electron chi connectivity index (χ3n) is 5.67. The topological polar surface area (TPSA) is 117 Å². The Morgan fingerprint density at radius 2 is 1.41 bits per heavy atom. The van der Waals surface area contributed by atoms with Crippen LogP contribution in [0.5, 0.6) is 11.5 Å². The molecule has 9 nitrogen and oxygen atoms in total. The normalized spacial score (nSPS) is 10.9. The first-order valence-electron chi connectivity index (χ1n) is 11.3. The van der Waals surface area contributed by atoms with Gasteiger partial charge >= 0.3 is 5.69 Å². The number of benzene rings is 4. The van der Waals surface area contributed by atoms with Crippen LogP contribution in [0.15, 0.2) is 108 Å². The Hall–Kier alpha value is -5.44. The third kappa shape index (κ3) is 4.48. The predicted molar refractivity (Wildman–Crippen MR) is 137 cm³/mol. The number of fused-ring (bicyclic) bond motifs is 1. The van der Waals surface area contributed by atoms with Crippen molar-refractivity contribution in [3.63, 3.8) is 0 Å². The standard InChI is InChI=1S/C28H17N5O4/c34-33(35)25-16-20(28-32-31-27(37-28)19-6-2-1-3-7-19)12-15-26(25)36-21-13-10-18(11-14-21)24-17-29-22-8-4-5-9-23(22)30-24/h1-17H. The van der Waals surface area contributed by atoms with E-state index in [0.29, 0.717) is 17.2 Å². The number of nitrogens with zero attached hydrogens (tertiary/aromatic N) is 5. The molecule has 0 aliphatic heterocycles. The van der Waals surface area contributed by atoms with Gasteiger partial charge in [-0.05, 0) is 60.7 Å². The van der Waals surface area contributed by atoms with E-state index < -0.39 is 4.92 Å². The summed E-state index contributed by atoms with van der Waals surface area (Å²) in [7, 11) is 0. The maximum Gasteiger partial charge on any atom is 0.312 e. The second-order valence-electron chi connectivity index (χ2n) is 8.09. The van der Waals surface area contributed by atoms with Crippen LogP contribution in [-0.4, -0.2) is 25.1 Å². The van der Waals surface area contributed by atoms with Crippen LogP contribution in [0.4, 0.5) is 5.69 Å². The molecular weight excluding hydrogens is 470 g/mol. The molecule has 0 aliphatic carbocycles. The van der Waals surface area contributed by atoms with Gasteiger partial charge in [0.05, 0.1) is 27.8 Å². The molecule has 37 heavy (non-hydrogen) atoms. The Bertz CT molecular complexity index is 1730. The van der Waals surface area contributed by atoms with Gasteiger partial charge in [-0.1, -0.05) is 30.3 Å². The van der Waals surface area contributed by atoms with Gasteiger partial charge in [0.15, 0.2) is 0 Å². The first kappa shape index (κ1) is 22.1. The largest absolute Gasteiger partial charge is 0.450 e. The molecule has 9 heteroatoms.